The van der Waals surface area contributed by atoms with Crippen molar-refractivity contribution >= 4 is 5.91 Å². The summed E-state index contributed by atoms with van der Waals surface area (Å²) in [6.45, 7) is 12.4. The van der Waals surface area contributed by atoms with Gasteiger partial charge in [0.15, 0.2) is 0 Å². The van der Waals surface area contributed by atoms with E-state index in [9.17, 15) is 9.90 Å². The molecule has 0 unspecified atom stereocenters. The summed E-state index contributed by atoms with van der Waals surface area (Å²) in [6.07, 6.45) is 4.07. The summed E-state index contributed by atoms with van der Waals surface area (Å²) in [5.41, 5.74) is 3.66. The largest absolute Gasteiger partial charge is 0.391 e. The normalized spacial score (nSPS) is 14.1. The van der Waals surface area contributed by atoms with Crippen molar-refractivity contribution in [2.45, 2.75) is 104 Å². The minimum Gasteiger partial charge on any atom is -0.391 e. The van der Waals surface area contributed by atoms with Gasteiger partial charge in [-0.25, -0.2) is 0 Å². The quantitative estimate of drug-likeness (QED) is 0.189. The number of carbonyl (C=O) groups excluding carboxylic acids is 1. The predicted molar refractivity (Wildman–Crippen MR) is 171 cm³/mol. The SMILES string of the molecule is CCC(CC)NC(=O)C[C@@H](CC[C@@H](O)[C@H](Cc1ccccc1)N(Cc1ccccc1)Cc1ccccc1)C(C)(C)C. The lowest BCUT2D eigenvalue weighted by molar-refractivity contribution is -0.123. The third-order valence-corrected chi connectivity index (χ3v) is 8.48. The van der Waals surface area contributed by atoms with Gasteiger partial charge >= 0.3 is 0 Å². The highest BCUT2D eigenvalue weighted by molar-refractivity contribution is 5.76. The topological polar surface area (TPSA) is 52.6 Å². The number of aliphatic hydroxyl groups excluding tert-OH is 1. The lowest BCUT2D eigenvalue weighted by atomic mass is 9.75. The van der Waals surface area contributed by atoms with Crippen LogP contribution in [0, 0.1) is 11.3 Å². The van der Waals surface area contributed by atoms with E-state index in [2.05, 4.69) is 118 Å². The van der Waals surface area contributed by atoms with Crippen molar-refractivity contribution in [1.82, 2.24) is 10.2 Å². The lowest BCUT2D eigenvalue weighted by Crippen LogP contribution is -2.45. The van der Waals surface area contributed by atoms with Crippen LogP contribution in [0.5, 0.6) is 0 Å². The van der Waals surface area contributed by atoms with Crippen molar-refractivity contribution in [3.8, 4) is 0 Å². The maximum absolute atomic E-state index is 13.0. The highest BCUT2D eigenvalue weighted by Crippen LogP contribution is 2.34. The van der Waals surface area contributed by atoms with Gasteiger partial charge < -0.3 is 10.4 Å². The summed E-state index contributed by atoms with van der Waals surface area (Å²) in [5.74, 6) is 0.310. The first-order valence-corrected chi connectivity index (χ1v) is 15.5. The van der Waals surface area contributed by atoms with E-state index in [1.807, 2.05) is 18.2 Å². The van der Waals surface area contributed by atoms with Crippen LogP contribution in [-0.2, 0) is 24.3 Å². The molecular weight excluding hydrogens is 504 g/mol. The van der Waals surface area contributed by atoms with Gasteiger partial charge in [-0.15, -0.1) is 0 Å². The molecule has 0 aromatic heterocycles. The molecule has 0 heterocycles. The highest BCUT2D eigenvalue weighted by atomic mass is 16.3. The third-order valence-electron chi connectivity index (χ3n) is 8.48. The van der Waals surface area contributed by atoms with Gasteiger partial charge in [-0.1, -0.05) is 126 Å². The van der Waals surface area contributed by atoms with Crippen molar-refractivity contribution in [2.24, 2.45) is 11.3 Å². The summed E-state index contributed by atoms with van der Waals surface area (Å²) < 4.78 is 0. The maximum atomic E-state index is 13.0. The number of aliphatic hydroxyl groups is 1. The molecule has 0 aliphatic heterocycles. The standard InChI is InChI=1S/C37H52N2O2/c1-6-33(7-2)38-36(41)26-32(37(3,4)5)23-24-35(40)34(25-29-17-11-8-12-18-29)39(27-30-19-13-9-14-20-30)28-31-21-15-10-16-22-31/h8-22,32-35,40H,6-7,23-28H2,1-5H3,(H,38,41)/t32-,34+,35-/m1/s1. The van der Waals surface area contributed by atoms with Crippen LogP contribution in [0.4, 0.5) is 0 Å². The minimum atomic E-state index is -0.533. The van der Waals surface area contributed by atoms with E-state index in [0.717, 1.165) is 38.8 Å². The van der Waals surface area contributed by atoms with Crippen molar-refractivity contribution in [1.29, 1.82) is 0 Å². The van der Waals surface area contributed by atoms with Crippen LogP contribution < -0.4 is 5.32 Å². The number of hydrogen-bond donors (Lipinski definition) is 2. The summed E-state index contributed by atoms with van der Waals surface area (Å²) in [6, 6.07) is 31.7. The Bertz CT molecular complexity index is 1080. The molecule has 3 atom stereocenters. The van der Waals surface area contributed by atoms with Gasteiger partial charge in [-0.2, -0.15) is 0 Å². The molecule has 41 heavy (non-hydrogen) atoms. The number of carbonyl (C=O) groups is 1. The molecule has 0 saturated heterocycles. The van der Waals surface area contributed by atoms with Crippen molar-refractivity contribution in [3.63, 3.8) is 0 Å². The fraction of sp³-hybridized carbons (Fsp3) is 0.486. The second kappa shape index (κ2) is 16.5. The number of nitrogens with one attached hydrogen (secondary N) is 1. The molecule has 2 N–H and O–H groups in total. The third kappa shape index (κ3) is 11.1. The average molecular weight is 557 g/mol. The molecule has 4 heteroatoms. The zero-order valence-corrected chi connectivity index (χ0v) is 25.9. The molecule has 4 nitrogen and oxygen atoms in total. The van der Waals surface area contributed by atoms with Crippen molar-refractivity contribution in [3.05, 3.63) is 108 Å². The van der Waals surface area contributed by atoms with Crippen molar-refractivity contribution < 1.29 is 9.90 Å². The first-order valence-electron chi connectivity index (χ1n) is 15.5. The van der Waals surface area contributed by atoms with E-state index in [-0.39, 0.29) is 29.3 Å². The Kier molecular flexibility index (Phi) is 13.1. The van der Waals surface area contributed by atoms with E-state index in [1.54, 1.807) is 0 Å². The number of hydrogen-bond acceptors (Lipinski definition) is 3. The molecule has 1 amide bonds. The molecule has 3 rings (SSSR count). The molecule has 0 spiro atoms. The number of rotatable bonds is 16. The molecule has 0 aliphatic rings. The Hall–Kier alpha value is -2.95. The predicted octanol–water partition coefficient (Wildman–Crippen LogP) is 7.80. The van der Waals surface area contributed by atoms with Crippen LogP contribution in [0.2, 0.25) is 0 Å². The highest BCUT2D eigenvalue weighted by Gasteiger charge is 2.31. The first-order chi connectivity index (χ1) is 19.7. The monoisotopic (exact) mass is 556 g/mol. The molecule has 222 valence electrons. The van der Waals surface area contributed by atoms with Crippen LogP contribution >= 0.6 is 0 Å². The number of benzene rings is 3. The molecular formula is C37H52N2O2. The first kappa shape index (κ1) is 32.6. The zero-order valence-electron chi connectivity index (χ0n) is 25.9. The van der Waals surface area contributed by atoms with E-state index in [4.69, 9.17) is 0 Å². The van der Waals surface area contributed by atoms with Gasteiger partial charge in [0.1, 0.15) is 0 Å². The second-order valence-electron chi connectivity index (χ2n) is 12.6. The fourth-order valence-corrected chi connectivity index (χ4v) is 5.70. The lowest BCUT2D eigenvalue weighted by Gasteiger charge is -2.37. The number of nitrogens with zero attached hydrogens (tertiary/aromatic N) is 1. The van der Waals surface area contributed by atoms with Crippen LogP contribution in [-0.4, -0.2) is 34.1 Å². The van der Waals surface area contributed by atoms with Gasteiger partial charge in [0.05, 0.1) is 6.10 Å². The molecule has 0 saturated carbocycles. The Balaban J connectivity index is 1.84. The summed E-state index contributed by atoms with van der Waals surface area (Å²) in [5, 5.41) is 15.1. The summed E-state index contributed by atoms with van der Waals surface area (Å²) in [4.78, 5) is 15.4. The summed E-state index contributed by atoms with van der Waals surface area (Å²) >= 11 is 0. The van der Waals surface area contributed by atoms with Crippen LogP contribution in [0.1, 0.15) is 83.4 Å². The van der Waals surface area contributed by atoms with Crippen LogP contribution in [0.3, 0.4) is 0 Å². The Morgan fingerprint density at radius 2 is 1.22 bits per heavy atom. The van der Waals surface area contributed by atoms with Crippen LogP contribution in [0.15, 0.2) is 91.0 Å². The van der Waals surface area contributed by atoms with Gasteiger partial charge in [0, 0.05) is 31.6 Å². The molecule has 3 aromatic carbocycles. The molecule has 0 bridgehead atoms. The van der Waals surface area contributed by atoms with Gasteiger partial charge in [-0.3, -0.25) is 9.69 Å². The van der Waals surface area contributed by atoms with Gasteiger partial charge in [-0.05, 0) is 60.1 Å². The summed E-state index contributed by atoms with van der Waals surface area (Å²) in [7, 11) is 0. The van der Waals surface area contributed by atoms with E-state index < -0.39 is 6.10 Å². The van der Waals surface area contributed by atoms with E-state index in [1.165, 1.54) is 16.7 Å². The smallest absolute Gasteiger partial charge is 0.220 e. The van der Waals surface area contributed by atoms with Crippen LogP contribution in [0.25, 0.3) is 0 Å². The zero-order chi connectivity index (χ0) is 29.7. The number of amides is 1. The second-order valence-corrected chi connectivity index (χ2v) is 12.6. The Labute approximate surface area is 249 Å². The van der Waals surface area contributed by atoms with E-state index >= 15 is 0 Å². The maximum Gasteiger partial charge on any atom is 0.220 e. The molecule has 0 radical (unpaired) electrons. The van der Waals surface area contributed by atoms with E-state index in [0.29, 0.717) is 12.8 Å². The van der Waals surface area contributed by atoms with Gasteiger partial charge in [0.25, 0.3) is 0 Å². The van der Waals surface area contributed by atoms with Crippen molar-refractivity contribution in [2.75, 3.05) is 0 Å². The minimum absolute atomic E-state index is 0.0341. The fourth-order valence-electron chi connectivity index (χ4n) is 5.70. The Morgan fingerprint density at radius 1 is 0.756 bits per heavy atom. The Morgan fingerprint density at radius 3 is 1.66 bits per heavy atom. The molecule has 3 aromatic rings. The molecule has 0 aliphatic carbocycles. The van der Waals surface area contributed by atoms with Gasteiger partial charge in [0.2, 0.25) is 5.91 Å². The average Bonchev–Trinajstić information content (AvgIpc) is 2.97. The molecule has 0 fully saturated rings.